The maximum absolute atomic E-state index is 13.5. The van der Waals surface area contributed by atoms with E-state index in [4.69, 9.17) is 4.74 Å². The molecule has 40 heavy (non-hydrogen) atoms. The summed E-state index contributed by atoms with van der Waals surface area (Å²) in [4.78, 5) is 13.1. The van der Waals surface area contributed by atoms with Crippen LogP contribution in [-0.4, -0.2) is 59.8 Å². The van der Waals surface area contributed by atoms with E-state index in [1.807, 2.05) is 13.8 Å². The Balaban J connectivity index is 1.35. The summed E-state index contributed by atoms with van der Waals surface area (Å²) in [6.07, 6.45) is 2.78. The number of nitrogens with one attached hydrogen (secondary N) is 1. The first-order chi connectivity index (χ1) is 19.1. The maximum atomic E-state index is 13.5. The van der Waals surface area contributed by atoms with E-state index in [1.165, 1.54) is 28.6 Å². The van der Waals surface area contributed by atoms with Gasteiger partial charge in [-0.15, -0.1) is 0 Å². The largest absolute Gasteiger partial charge is 0.492 e. The van der Waals surface area contributed by atoms with Gasteiger partial charge in [0, 0.05) is 13.1 Å². The smallest absolute Gasteiger partial charge is 0.264 e. The Labute approximate surface area is 236 Å². The fraction of sp³-hybridized carbons (Fsp3) is 0.345. The summed E-state index contributed by atoms with van der Waals surface area (Å²) < 4.78 is 60.8. The Bertz CT molecular complexity index is 1500. The molecule has 9 nitrogen and oxygen atoms in total. The maximum Gasteiger partial charge on any atom is 0.264 e. The van der Waals surface area contributed by atoms with Gasteiger partial charge >= 0.3 is 0 Å². The number of anilines is 1. The van der Waals surface area contributed by atoms with Crippen molar-refractivity contribution in [3.63, 3.8) is 0 Å². The number of hydrogen-bond donors (Lipinski definition) is 1. The average Bonchev–Trinajstić information content (AvgIpc) is 2.95. The predicted molar refractivity (Wildman–Crippen MR) is 154 cm³/mol. The first-order valence-corrected chi connectivity index (χ1v) is 16.1. The lowest BCUT2D eigenvalue weighted by atomic mass is 10.2. The van der Waals surface area contributed by atoms with Crippen LogP contribution in [0.2, 0.25) is 0 Å². The molecule has 3 aromatic rings. The van der Waals surface area contributed by atoms with Crippen LogP contribution in [-0.2, 0) is 24.8 Å². The van der Waals surface area contributed by atoms with Crippen LogP contribution in [0.5, 0.6) is 5.75 Å². The van der Waals surface area contributed by atoms with Crippen molar-refractivity contribution in [3.05, 3.63) is 83.9 Å². The molecule has 1 saturated heterocycles. The minimum Gasteiger partial charge on any atom is -0.492 e. The van der Waals surface area contributed by atoms with E-state index in [0.29, 0.717) is 24.5 Å². The predicted octanol–water partition coefficient (Wildman–Crippen LogP) is 3.87. The number of rotatable bonds is 11. The molecule has 4 rings (SSSR count). The number of aryl methyl sites for hydroxylation is 2. The molecule has 0 atom stereocenters. The van der Waals surface area contributed by atoms with Crippen LogP contribution < -0.4 is 14.4 Å². The number of piperidine rings is 1. The minimum absolute atomic E-state index is 0.0977. The van der Waals surface area contributed by atoms with E-state index >= 15 is 0 Å². The summed E-state index contributed by atoms with van der Waals surface area (Å²) in [7, 11) is -7.51. The molecule has 214 valence electrons. The van der Waals surface area contributed by atoms with Gasteiger partial charge in [-0.3, -0.25) is 9.10 Å². The molecule has 1 amide bonds. The van der Waals surface area contributed by atoms with Gasteiger partial charge in [0.15, 0.2) is 0 Å². The normalized spacial score (nSPS) is 14.4. The number of ether oxygens (including phenoxy) is 1. The van der Waals surface area contributed by atoms with Crippen LogP contribution in [0, 0.1) is 13.8 Å². The van der Waals surface area contributed by atoms with E-state index in [1.54, 1.807) is 48.5 Å². The van der Waals surface area contributed by atoms with Gasteiger partial charge in [0.1, 0.15) is 18.9 Å². The zero-order valence-electron chi connectivity index (χ0n) is 22.7. The number of hydrogen-bond acceptors (Lipinski definition) is 6. The number of carbonyl (C=O) groups excluding carboxylic acids is 1. The van der Waals surface area contributed by atoms with Crippen LogP contribution in [0.25, 0.3) is 0 Å². The lowest BCUT2D eigenvalue weighted by molar-refractivity contribution is -0.119. The van der Waals surface area contributed by atoms with Gasteiger partial charge in [-0.1, -0.05) is 41.8 Å². The van der Waals surface area contributed by atoms with Gasteiger partial charge in [-0.05, 0) is 75.2 Å². The zero-order valence-corrected chi connectivity index (χ0v) is 24.4. The number of sulfonamides is 2. The molecule has 0 aromatic heterocycles. The van der Waals surface area contributed by atoms with Crippen molar-refractivity contribution < 1.29 is 26.4 Å². The molecule has 0 radical (unpaired) electrons. The summed E-state index contributed by atoms with van der Waals surface area (Å²) in [5, 5.41) is 2.70. The monoisotopic (exact) mass is 585 g/mol. The molecular formula is C29H35N3O6S2. The van der Waals surface area contributed by atoms with E-state index < -0.39 is 32.5 Å². The summed E-state index contributed by atoms with van der Waals surface area (Å²) in [6, 6.07) is 19.6. The molecular weight excluding hydrogens is 550 g/mol. The molecule has 0 spiro atoms. The molecule has 1 aliphatic heterocycles. The first kappa shape index (κ1) is 29.6. The summed E-state index contributed by atoms with van der Waals surface area (Å²) in [5.41, 5.74) is 2.28. The van der Waals surface area contributed by atoms with E-state index in [-0.39, 0.29) is 22.9 Å². The molecule has 0 unspecified atom stereocenters. The molecule has 0 aliphatic carbocycles. The highest BCUT2D eigenvalue weighted by Gasteiger charge is 2.28. The molecule has 0 bridgehead atoms. The van der Waals surface area contributed by atoms with Crippen LogP contribution in [0.15, 0.2) is 82.6 Å². The third-order valence-corrected chi connectivity index (χ3v) is 10.4. The average molecular weight is 586 g/mol. The molecule has 3 aromatic carbocycles. The molecule has 1 N–H and O–H groups in total. The van der Waals surface area contributed by atoms with Gasteiger partial charge < -0.3 is 10.1 Å². The number of nitrogens with zero attached hydrogens (tertiary/aromatic N) is 2. The van der Waals surface area contributed by atoms with Gasteiger partial charge in [-0.25, -0.2) is 16.8 Å². The first-order valence-electron chi connectivity index (χ1n) is 13.2. The highest BCUT2D eigenvalue weighted by atomic mass is 32.2. The highest BCUT2D eigenvalue weighted by molar-refractivity contribution is 7.92. The van der Waals surface area contributed by atoms with Crippen molar-refractivity contribution in [2.24, 2.45) is 0 Å². The summed E-state index contributed by atoms with van der Waals surface area (Å²) >= 11 is 0. The Morgan fingerprint density at radius 3 is 1.95 bits per heavy atom. The van der Waals surface area contributed by atoms with Crippen LogP contribution in [0.3, 0.4) is 0 Å². The Morgan fingerprint density at radius 1 is 0.800 bits per heavy atom. The van der Waals surface area contributed by atoms with Crippen molar-refractivity contribution in [3.8, 4) is 5.75 Å². The lowest BCUT2D eigenvalue weighted by Gasteiger charge is -2.25. The van der Waals surface area contributed by atoms with Crippen molar-refractivity contribution in [1.82, 2.24) is 9.62 Å². The van der Waals surface area contributed by atoms with Crippen molar-refractivity contribution in [2.75, 3.05) is 37.1 Å². The van der Waals surface area contributed by atoms with Crippen LogP contribution in [0.4, 0.5) is 5.69 Å². The second-order valence-corrected chi connectivity index (χ2v) is 13.6. The van der Waals surface area contributed by atoms with Crippen LogP contribution >= 0.6 is 0 Å². The number of amides is 1. The van der Waals surface area contributed by atoms with E-state index in [2.05, 4.69) is 5.32 Å². The van der Waals surface area contributed by atoms with Crippen molar-refractivity contribution in [2.45, 2.75) is 42.9 Å². The standard InChI is InChI=1S/C29H35N3O6S2/c1-23-6-10-25(11-7-23)32(40(36,37)28-14-8-24(2)9-15-28)22-29(33)30-18-21-38-26-12-16-27(17-13-26)39(34,35)31-19-4-3-5-20-31/h6-17H,3-5,18-22H2,1-2H3,(H,30,33). The Hall–Kier alpha value is -3.41. The molecule has 1 heterocycles. The molecule has 1 aliphatic rings. The third-order valence-electron chi connectivity index (χ3n) is 6.69. The Morgan fingerprint density at radius 2 is 1.35 bits per heavy atom. The summed E-state index contributed by atoms with van der Waals surface area (Å²) in [5.74, 6) is -0.0158. The highest BCUT2D eigenvalue weighted by Crippen LogP contribution is 2.25. The van der Waals surface area contributed by atoms with Gasteiger partial charge in [0.2, 0.25) is 15.9 Å². The second kappa shape index (κ2) is 12.8. The van der Waals surface area contributed by atoms with Crippen molar-refractivity contribution in [1.29, 1.82) is 0 Å². The fourth-order valence-corrected chi connectivity index (χ4v) is 7.31. The Kier molecular flexibility index (Phi) is 9.49. The van der Waals surface area contributed by atoms with Crippen LogP contribution in [0.1, 0.15) is 30.4 Å². The molecule has 0 saturated carbocycles. The fourth-order valence-electron chi connectivity index (χ4n) is 4.37. The molecule has 1 fully saturated rings. The quantitative estimate of drug-likeness (QED) is 0.342. The summed E-state index contributed by atoms with van der Waals surface area (Å²) in [6.45, 7) is 4.70. The van der Waals surface area contributed by atoms with Gasteiger partial charge in [0.25, 0.3) is 10.0 Å². The lowest BCUT2D eigenvalue weighted by Crippen LogP contribution is -2.41. The molecule has 11 heteroatoms. The van der Waals surface area contributed by atoms with Gasteiger partial charge in [-0.2, -0.15) is 4.31 Å². The number of benzene rings is 3. The topological polar surface area (TPSA) is 113 Å². The minimum atomic E-state index is -3.99. The zero-order chi connectivity index (χ0) is 28.8. The van der Waals surface area contributed by atoms with Crippen molar-refractivity contribution >= 4 is 31.6 Å². The SMILES string of the molecule is Cc1ccc(N(CC(=O)NCCOc2ccc(S(=O)(=O)N3CCCCC3)cc2)S(=O)(=O)c2ccc(C)cc2)cc1. The van der Waals surface area contributed by atoms with E-state index in [9.17, 15) is 21.6 Å². The number of carbonyl (C=O) groups is 1. The third kappa shape index (κ3) is 7.21. The van der Waals surface area contributed by atoms with Gasteiger partial charge in [0.05, 0.1) is 22.0 Å². The second-order valence-electron chi connectivity index (χ2n) is 9.79. The van der Waals surface area contributed by atoms with E-state index in [0.717, 1.165) is 34.7 Å².